The van der Waals surface area contributed by atoms with Gasteiger partial charge in [0, 0.05) is 12.3 Å². The maximum atomic E-state index is 12.5. The normalized spacial score (nSPS) is 11.7. The molecule has 142 valence electrons. The van der Waals surface area contributed by atoms with Crippen LogP contribution in [0.3, 0.4) is 0 Å². The van der Waals surface area contributed by atoms with Crippen LogP contribution in [0.1, 0.15) is 16.1 Å². The van der Waals surface area contributed by atoms with Crippen molar-refractivity contribution in [1.82, 2.24) is 10.3 Å². The minimum absolute atomic E-state index is 0.0898. The Morgan fingerprint density at radius 3 is 2.56 bits per heavy atom. The summed E-state index contributed by atoms with van der Waals surface area (Å²) in [5.74, 6) is 0.905. The highest BCUT2D eigenvalue weighted by Gasteiger charge is 2.29. The lowest BCUT2D eigenvalue weighted by molar-refractivity contribution is -0.137. The molecule has 3 aromatic rings. The smallest absolute Gasteiger partial charge is 0.355 e. The molecule has 0 spiro atoms. The fourth-order valence-corrected chi connectivity index (χ4v) is 4.35. The molecule has 0 saturated heterocycles. The second-order valence-corrected chi connectivity index (χ2v) is 7.96. The molecule has 1 amide bonds. The Hall–Kier alpha value is -2.06. The molecule has 27 heavy (non-hydrogen) atoms. The van der Waals surface area contributed by atoms with Crippen LogP contribution in [0.5, 0.6) is 0 Å². The summed E-state index contributed by atoms with van der Waals surface area (Å²) < 4.78 is 38.7. The highest BCUT2D eigenvalue weighted by Crippen LogP contribution is 2.29. The predicted octanol–water partition coefficient (Wildman–Crippen LogP) is 4.91. The molecule has 0 unspecified atom stereocenters. The van der Waals surface area contributed by atoms with Crippen molar-refractivity contribution >= 4 is 39.2 Å². The third-order valence-electron chi connectivity index (χ3n) is 3.81. The number of para-hydroxylation sites is 1. The molecule has 0 aliphatic carbocycles. The quantitative estimate of drug-likeness (QED) is 0.602. The monoisotopic (exact) mass is 410 g/mol. The zero-order valence-electron chi connectivity index (χ0n) is 14.3. The fourth-order valence-electron chi connectivity index (χ4n) is 2.47. The molecule has 1 heterocycles. The van der Waals surface area contributed by atoms with Crippen LogP contribution in [0.4, 0.5) is 13.2 Å². The number of fused-ring (bicyclic) bond motifs is 1. The second-order valence-electron chi connectivity index (χ2n) is 5.86. The van der Waals surface area contributed by atoms with Crippen molar-refractivity contribution in [3.8, 4) is 0 Å². The Labute approximate surface area is 163 Å². The van der Waals surface area contributed by atoms with Crippen molar-refractivity contribution in [3.05, 3.63) is 64.7 Å². The average Bonchev–Trinajstić information content (AvgIpc) is 3.04. The van der Waals surface area contributed by atoms with E-state index < -0.39 is 11.7 Å². The summed E-state index contributed by atoms with van der Waals surface area (Å²) in [5, 5.41) is 3.77. The van der Waals surface area contributed by atoms with E-state index >= 15 is 0 Å². The molecule has 0 fully saturated rings. The number of thioether (sulfide) groups is 1. The summed E-state index contributed by atoms with van der Waals surface area (Å²) in [6, 6.07) is 12.9. The second kappa shape index (κ2) is 8.75. The molecule has 0 aliphatic rings. The van der Waals surface area contributed by atoms with E-state index in [-0.39, 0.29) is 5.91 Å². The van der Waals surface area contributed by atoms with Gasteiger partial charge in [-0.05, 0) is 36.2 Å². The summed E-state index contributed by atoms with van der Waals surface area (Å²) in [6.07, 6.45) is -3.83. The Kier molecular flexibility index (Phi) is 6.38. The third-order valence-corrected chi connectivity index (χ3v) is 5.98. The van der Waals surface area contributed by atoms with Crippen LogP contribution in [-0.4, -0.2) is 23.2 Å². The number of hydrogen-bond acceptors (Lipinski definition) is 4. The fraction of sp³-hybridized carbons (Fsp3) is 0.263. The largest absolute Gasteiger partial charge is 0.416 e. The maximum absolute atomic E-state index is 12.5. The zero-order chi connectivity index (χ0) is 19.3. The highest BCUT2D eigenvalue weighted by atomic mass is 32.2. The van der Waals surface area contributed by atoms with Crippen molar-refractivity contribution in [2.45, 2.75) is 18.3 Å². The number of thiazole rings is 1. The molecule has 0 bridgehead atoms. The van der Waals surface area contributed by atoms with Gasteiger partial charge in [0.2, 0.25) is 5.91 Å². The molecule has 8 heteroatoms. The van der Waals surface area contributed by atoms with Crippen LogP contribution in [-0.2, 0) is 23.1 Å². The number of benzene rings is 2. The molecular formula is C19H17F3N2OS2. The summed E-state index contributed by atoms with van der Waals surface area (Å²) in [7, 11) is 0. The van der Waals surface area contributed by atoms with Crippen molar-refractivity contribution in [1.29, 1.82) is 0 Å². The minimum atomic E-state index is -4.33. The number of nitrogens with zero attached hydrogens (tertiary/aromatic N) is 1. The first-order chi connectivity index (χ1) is 12.9. The van der Waals surface area contributed by atoms with E-state index in [4.69, 9.17) is 0 Å². The summed E-state index contributed by atoms with van der Waals surface area (Å²) in [5.41, 5.74) is 1.06. The van der Waals surface area contributed by atoms with Gasteiger partial charge in [-0.15, -0.1) is 23.1 Å². The molecule has 1 N–H and O–H groups in total. The van der Waals surface area contributed by atoms with Crippen molar-refractivity contribution in [2.75, 3.05) is 12.3 Å². The number of carbonyl (C=O) groups is 1. The van der Waals surface area contributed by atoms with E-state index in [1.165, 1.54) is 23.9 Å². The summed E-state index contributed by atoms with van der Waals surface area (Å²) in [4.78, 5) is 16.4. The topological polar surface area (TPSA) is 42.0 Å². The van der Waals surface area contributed by atoms with Gasteiger partial charge >= 0.3 is 6.18 Å². The Bertz CT molecular complexity index is 874. The van der Waals surface area contributed by atoms with Gasteiger partial charge in [0.15, 0.2) is 0 Å². The Morgan fingerprint density at radius 1 is 1.11 bits per heavy atom. The number of hydrogen-bond donors (Lipinski definition) is 1. The van der Waals surface area contributed by atoms with Gasteiger partial charge in [-0.2, -0.15) is 13.2 Å². The zero-order valence-corrected chi connectivity index (χ0v) is 15.9. The maximum Gasteiger partial charge on any atom is 0.416 e. The van der Waals surface area contributed by atoms with Gasteiger partial charge < -0.3 is 5.32 Å². The first-order valence-electron chi connectivity index (χ1n) is 8.27. The predicted molar refractivity (Wildman–Crippen MR) is 104 cm³/mol. The van der Waals surface area contributed by atoms with Gasteiger partial charge in [-0.3, -0.25) is 4.79 Å². The van der Waals surface area contributed by atoms with Gasteiger partial charge in [0.05, 0.1) is 21.5 Å². The summed E-state index contributed by atoms with van der Waals surface area (Å²) in [6.45, 7) is 0.395. The number of carbonyl (C=O) groups excluding carboxylic acids is 1. The van der Waals surface area contributed by atoms with E-state index in [0.717, 1.165) is 32.9 Å². The molecule has 1 aromatic heterocycles. The van der Waals surface area contributed by atoms with Gasteiger partial charge in [0.25, 0.3) is 0 Å². The van der Waals surface area contributed by atoms with Crippen LogP contribution >= 0.6 is 23.1 Å². The van der Waals surface area contributed by atoms with Crippen LogP contribution in [0.2, 0.25) is 0 Å². The first-order valence-corrected chi connectivity index (χ1v) is 10.2. The van der Waals surface area contributed by atoms with Gasteiger partial charge in [-0.1, -0.05) is 24.3 Å². The van der Waals surface area contributed by atoms with Crippen LogP contribution in [0.25, 0.3) is 10.2 Å². The SMILES string of the molecule is O=C(CSCc1nc2ccccc2s1)NCCc1ccc(C(F)(F)F)cc1. The first kappa shape index (κ1) is 19.7. The minimum Gasteiger partial charge on any atom is -0.355 e. The standard InChI is InChI=1S/C19H17F3N2OS2/c20-19(21,22)14-7-5-13(6-8-14)9-10-23-17(25)11-26-12-18-24-15-3-1-2-4-16(15)27-18/h1-8H,9-12H2,(H,23,25). The molecular weight excluding hydrogens is 393 g/mol. The Morgan fingerprint density at radius 2 is 1.85 bits per heavy atom. The van der Waals surface area contributed by atoms with Crippen molar-refractivity contribution in [3.63, 3.8) is 0 Å². The molecule has 3 nitrogen and oxygen atoms in total. The molecule has 0 saturated carbocycles. The lowest BCUT2D eigenvalue weighted by atomic mass is 10.1. The lowest BCUT2D eigenvalue weighted by Crippen LogP contribution is -2.27. The Balaban J connectivity index is 1.37. The molecule has 2 aromatic carbocycles. The van der Waals surface area contributed by atoms with E-state index in [1.807, 2.05) is 24.3 Å². The lowest BCUT2D eigenvalue weighted by Gasteiger charge is -2.08. The van der Waals surface area contributed by atoms with E-state index in [2.05, 4.69) is 10.3 Å². The van der Waals surface area contributed by atoms with E-state index in [0.29, 0.717) is 24.5 Å². The van der Waals surface area contributed by atoms with E-state index in [1.54, 1.807) is 11.3 Å². The number of aromatic nitrogens is 1. The van der Waals surface area contributed by atoms with Crippen LogP contribution in [0, 0.1) is 0 Å². The molecule has 0 radical (unpaired) electrons. The molecule has 0 aliphatic heterocycles. The van der Waals surface area contributed by atoms with Crippen molar-refractivity contribution < 1.29 is 18.0 Å². The summed E-state index contributed by atoms with van der Waals surface area (Å²) >= 11 is 3.11. The van der Waals surface area contributed by atoms with Gasteiger partial charge in [-0.25, -0.2) is 4.98 Å². The average molecular weight is 410 g/mol. The van der Waals surface area contributed by atoms with Crippen LogP contribution in [0.15, 0.2) is 48.5 Å². The highest BCUT2D eigenvalue weighted by molar-refractivity contribution is 7.99. The van der Waals surface area contributed by atoms with E-state index in [9.17, 15) is 18.0 Å². The number of nitrogens with one attached hydrogen (secondary N) is 1. The number of amides is 1. The third kappa shape index (κ3) is 5.71. The number of rotatable bonds is 7. The van der Waals surface area contributed by atoms with Crippen molar-refractivity contribution in [2.24, 2.45) is 0 Å². The number of halogens is 3. The number of alkyl halides is 3. The molecule has 0 atom stereocenters. The van der Waals surface area contributed by atoms with Gasteiger partial charge in [0.1, 0.15) is 5.01 Å². The molecule has 3 rings (SSSR count). The van der Waals surface area contributed by atoms with Crippen LogP contribution < -0.4 is 5.32 Å².